The highest BCUT2D eigenvalue weighted by atomic mass is 32.2. The number of rotatable bonds is 14. The molecule has 11 nitrogen and oxygen atoms in total. The van der Waals surface area contributed by atoms with Crippen molar-refractivity contribution in [1.29, 1.82) is 0 Å². The summed E-state index contributed by atoms with van der Waals surface area (Å²) in [4.78, 5) is 48.8. The highest BCUT2D eigenvalue weighted by Crippen LogP contribution is 2.19. The number of hydrogen-bond donors (Lipinski definition) is 0. The van der Waals surface area contributed by atoms with Crippen LogP contribution >= 0.6 is 0 Å². The Morgan fingerprint density at radius 2 is 1.42 bits per heavy atom. The molecular formula is C24H38N4O7S. The van der Waals surface area contributed by atoms with E-state index in [1.165, 1.54) is 17.0 Å². The van der Waals surface area contributed by atoms with Gasteiger partial charge < -0.3 is 19.4 Å². The van der Waals surface area contributed by atoms with Gasteiger partial charge in [-0.15, -0.1) is 0 Å². The monoisotopic (exact) mass is 526 g/mol. The molecule has 2 rings (SSSR count). The van der Waals surface area contributed by atoms with Gasteiger partial charge in [-0.1, -0.05) is 45.9 Å². The first-order chi connectivity index (χ1) is 17.2. The fourth-order valence-electron chi connectivity index (χ4n) is 3.86. The number of nitrogens with zero attached hydrogens (tertiary/aromatic N) is 4. The van der Waals surface area contributed by atoms with E-state index in [2.05, 4.69) is 4.90 Å². The molecule has 0 saturated carbocycles. The van der Waals surface area contributed by atoms with E-state index in [9.17, 15) is 22.8 Å². The van der Waals surface area contributed by atoms with Gasteiger partial charge in [0.05, 0.1) is 11.4 Å². The van der Waals surface area contributed by atoms with Crippen LogP contribution in [0.3, 0.4) is 0 Å². The zero-order valence-electron chi connectivity index (χ0n) is 21.6. The predicted molar refractivity (Wildman–Crippen MR) is 133 cm³/mol. The average Bonchev–Trinajstić information content (AvgIpc) is 2.87. The van der Waals surface area contributed by atoms with Gasteiger partial charge in [0.2, 0.25) is 0 Å². The summed E-state index contributed by atoms with van der Waals surface area (Å²) in [5.74, 6) is -3.40. The third-order valence-electron chi connectivity index (χ3n) is 6.16. The van der Waals surface area contributed by atoms with Crippen LogP contribution < -0.4 is 0 Å². The van der Waals surface area contributed by atoms with Crippen molar-refractivity contribution in [3.05, 3.63) is 30.3 Å². The van der Waals surface area contributed by atoms with E-state index in [1.54, 1.807) is 18.2 Å². The lowest BCUT2D eigenvalue weighted by molar-refractivity contribution is -0.204. The summed E-state index contributed by atoms with van der Waals surface area (Å²) in [6, 6.07) is 6.97. The largest absolute Gasteiger partial charge is 0.441 e. The first kappa shape index (κ1) is 29.5. The Hall–Kier alpha value is -2.70. The molecule has 1 atom stereocenters. The standard InChI is InChI=1S/C24H38N4O7S/c1-5-25(6-2)15-12-16-28-24(31)27(18-17-26(7-3)8-4)21(34-22(29)23(30)35-28)19-36(32,33)20-13-10-9-11-14-20/h9-11,13-14,21H,5-8,12,15-19H2,1-4H3. The molecule has 0 radical (unpaired) electrons. The summed E-state index contributed by atoms with van der Waals surface area (Å²) in [5, 5.41) is 0.844. The van der Waals surface area contributed by atoms with Gasteiger partial charge in [-0.05, 0) is 51.3 Å². The molecule has 1 unspecified atom stereocenters. The number of hydroxylamine groups is 2. The summed E-state index contributed by atoms with van der Waals surface area (Å²) in [6.45, 7) is 12.3. The number of amides is 2. The van der Waals surface area contributed by atoms with Gasteiger partial charge in [-0.3, -0.25) is 4.90 Å². The lowest BCUT2D eigenvalue weighted by Crippen LogP contribution is -2.57. The van der Waals surface area contributed by atoms with Gasteiger partial charge in [0, 0.05) is 13.1 Å². The summed E-state index contributed by atoms with van der Waals surface area (Å²) in [6.07, 6.45) is -1.00. The number of likely N-dealkylation sites (N-methyl/N-ethyl adjacent to an activating group) is 1. The minimum absolute atomic E-state index is 0.0258. The molecule has 0 N–H and O–H groups in total. The van der Waals surface area contributed by atoms with Crippen molar-refractivity contribution in [3.63, 3.8) is 0 Å². The van der Waals surface area contributed by atoms with Crippen LogP contribution in [0, 0.1) is 0 Å². The number of ether oxygens (including phenoxy) is 1. The van der Waals surface area contributed by atoms with Crippen LogP contribution in [0.4, 0.5) is 4.79 Å². The smallest absolute Gasteiger partial charge is 0.432 e. The van der Waals surface area contributed by atoms with Crippen molar-refractivity contribution in [2.24, 2.45) is 0 Å². The van der Waals surface area contributed by atoms with E-state index in [0.29, 0.717) is 32.6 Å². The van der Waals surface area contributed by atoms with Gasteiger partial charge >= 0.3 is 18.0 Å². The average molecular weight is 527 g/mol. The van der Waals surface area contributed by atoms with Crippen molar-refractivity contribution in [2.75, 3.05) is 58.1 Å². The van der Waals surface area contributed by atoms with Gasteiger partial charge in [-0.25, -0.2) is 22.8 Å². The zero-order chi connectivity index (χ0) is 26.7. The number of cyclic esters (lactones) is 1. The first-order valence-electron chi connectivity index (χ1n) is 12.4. The van der Waals surface area contributed by atoms with Gasteiger partial charge in [0.1, 0.15) is 5.75 Å². The number of esters is 1. The van der Waals surface area contributed by atoms with Crippen LogP contribution in [0.15, 0.2) is 35.2 Å². The molecule has 0 aliphatic carbocycles. The van der Waals surface area contributed by atoms with Crippen LogP contribution in [0.5, 0.6) is 0 Å². The second kappa shape index (κ2) is 14.1. The molecule has 36 heavy (non-hydrogen) atoms. The summed E-state index contributed by atoms with van der Waals surface area (Å²) in [5.41, 5.74) is 0. The molecule has 1 heterocycles. The Morgan fingerprint density at radius 3 is 2.00 bits per heavy atom. The zero-order valence-corrected chi connectivity index (χ0v) is 22.4. The van der Waals surface area contributed by atoms with Crippen LogP contribution in [0.2, 0.25) is 0 Å². The van der Waals surface area contributed by atoms with E-state index in [1.807, 2.05) is 32.6 Å². The topological polar surface area (TPSA) is 117 Å². The van der Waals surface area contributed by atoms with Crippen LogP contribution in [0.25, 0.3) is 0 Å². The fourth-order valence-corrected chi connectivity index (χ4v) is 5.25. The molecule has 0 aromatic heterocycles. The normalized spacial score (nSPS) is 17.3. The summed E-state index contributed by atoms with van der Waals surface area (Å²) in [7, 11) is -3.95. The maximum absolute atomic E-state index is 13.5. The van der Waals surface area contributed by atoms with E-state index in [-0.39, 0.29) is 18.0 Å². The molecule has 202 valence electrons. The molecule has 2 amide bonds. The molecule has 0 bridgehead atoms. The predicted octanol–water partition coefficient (Wildman–Crippen LogP) is 1.60. The molecule has 1 aromatic rings. The maximum atomic E-state index is 13.5. The van der Waals surface area contributed by atoms with Gasteiger partial charge in [0.15, 0.2) is 16.1 Å². The minimum atomic E-state index is -3.95. The highest BCUT2D eigenvalue weighted by molar-refractivity contribution is 7.91. The van der Waals surface area contributed by atoms with Gasteiger partial charge in [-0.2, -0.15) is 5.06 Å². The lowest BCUT2D eigenvalue weighted by Gasteiger charge is -2.37. The Morgan fingerprint density at radius 1 is 0.833 bits per heavy atom. The fraction of sp³-hybridized carbons (Fsp3) is 0.625. The quantitative estimate of drug-likeness (QED) is 0.263. The number of hydrogen-bond acceptors (Lipinski definition) is 9. The van der Waals surface area contributed by atoms with Gasteiger partial charge in [0.25, 0.3) is 0 Å². The Balaban J connectivity index is 2.35. The molecule has 1 saturated heterocycles. The van der Waals surface area contributed by atoms with Crippen molar-refractivity contribution in [1.82, 2.24) is 19.8 Å². The van der Waals surface area contributed by atoms with E-state index < -0.39 is 39.8 Å². The minimum Gasteiger partial charge on any atom is -0.432 e. The van der Waals surface area contributed by atoms with Crippen molar-refractivity contribution in [2.45, 2.75) is 45.2 Å². The molecule has 1 aromatic carbocycles. The van der Waals surface area contributed by atoms with E-state index in [0.717, 1.165) is 18.2 Å². The molecular weight excluding hydrogens is 488 g/mol. The van der Waals surface area contributed by atoms with Crippen LogP contribution in [-0.2, 0) is 29.0 Å². The second-order valence-electron chi connectivity index (χ2n) is 8.32. The summed E-state index contributed by atoms with van der Waals surface area (Å²) >= 11 is 0. The van der Waals surface area contributed by atoms with Crippen molar-refractivity contribution < 1.29 is 32.4 Å². The Bertz CT molecular complexity index is 966. The van der Waals surface area contributed by atoms with Crippen molar-refractivity contribution in [3.8, 4) is 0 Å². The van der Waals surface area contributed by atoms with Crippen molar-refractivity contribution >= 4 is 27.8 Å². The second-order valence-corrected chi connectivity index (χ2v) is 10.4. The Labute approximate surface area is 213 Å². The molecule has 1 fully saturated rings. The molecule has 1 aliphatic heterocycles. The lowest BCUT2D eigenvalue weighted by atomic mass is 10.3. The summed E-state index contributed by atoms with van der Waals surface area (Å²) < 4.78 is 31.4. The molecule has 0 spiro atoms. The number of carbonyl (C=O) groups excluding carboxylic acids is 3. The number of urea groups is 1. The first-order valence-corrected chi connectivity index (χ1v) is 14.0. The SMILES string of the molecule is CCN(CC)CCCN1OC(=O)C(=O)OC(CS(=O)(=O)c2ccccc2)N(CCN(CC)CC)C1=O. The number of carbonyl (C=O) groups is 3. The number of benzene rings is 1. The number of sulfone groups is 1. The maximum Gasteiger partial charge on any atom is 0.441 e. The van der Waals surface area contributed by atoms with Crippen LogP contribution in [0.1, 0.15) is 34.1 Å². The van der Waals surface area contributed by atoms with Crippen LogP contribution in [-0.4, -0.2) is 110 Å². The highest BCUT2D eigenvalue weighted by Gasteiger charge is 2.40. The van der Waals surface area contributed by atoms with E-state index >= 15 is 0 Å². The third-order valence-corrected chi connectivity index (χ3v) is 7.87. The molecule has 12 heteroatoms. The third kappa shape index (κ3) is 8.17. The van der Waals surface area contributed by atoms with E-state index in [4.69, 9.17) is 9.57 Å². The Kier molecular flexibility index (Phi) is 11.6. The molecule has 1 aliphatic rings.